The summed E-state index contributed by atoms with van der Waals surface area (Å²) in [5.41, 5.74) is 1.35. The maximum Gasteiger partial charge on any atom is 0.409 e. The number of ether oxygens (including phenoxy) is 3. The maximum atomic E-state index is 11.8. The van der Waals surface area contributed by atoms with Crippen LogP contribution in [0.1, 0.15) is 24.0 Å². The van der Waals surface area contributed by atoms with Crippen molar-refractivity contribution < 1.29 is 28.6 Å². The molecule has 2 saturated heterocycles. The van der Waals surface area contributed by atoms with E-state index in [1.165, 1.54) is 13.4 Å². The van der Waals surface area contributed by atoms with Crippen LogP contribution in [0, 0.1) is 6.92 Å². The molecule has 1 aromatic carbocycles. The van der Waals surface area contributed by atoms with Gasteiger partial charge in [0.15, 0.2) is 0 Å². The van der Waals surface area contributed by atoms with Crippen molar-refractivity contribution in [2.24, 2.45) is 0 Å². The van der Waals surface area contributed by atoms with Crippen LogP contribution in [-0.2, 0) is 9.53 Å². The van der Waals surface area contributed by atoms with Gasteiger partial charge in [-0.05, 0) is 42.5 Å². The fraction of sp³-hybridized carbons (Fsp3) is 0.318. The van der Waals surface area contributed by atoms with Crippen molar-refractivity contribution in [2.75, 3.05) is 20.2 Å². The summed E-state index contributed by atoms with van der Waals surface area (Å²) in [6, 6.07) is 7.09. The third-order valence-electron chi connectivity index (χ3n) is 5.16. The topological polar surface area (TPSA) is 120 Å². The van der Waals surface area contributed by atoms with Crippen LogP contribution in [-0.4, -0.2) is 58.4 Å². The van der Waals surface area contributed by atoms with Gasteiger partial charge in [0.2, 0.25) is 11.8 Å². The number of hydrogen-bond donors (Lipinski definition) is 1. The van der Waals surface area contributed by atoms with Crippen molar-refractivity contribution in [3.8, 4) is 17.5 Å². The normalized spacial score (nSPS) is 17.8. The zero-order valence-corrected chi connectivity index (χ0v) is 18.9. The molecule has 172 valence electrons. The second kappa shape index (κ2) is 9.90. The number of hydrogen-bond acceptors (Lipinski definition) is 9. The number of imide groups is 1. The number of piperidine rings is 1. The number of thioether (sulfide) groups is 1. The van der Waals surface area contributed by atoms with E-state index in [-0.39, 0.29) is 12.2 Å². The molecule has 0 saturated carbocycles. The Labute approximate surface area is 194 Å². The van der Waals surface area contributed by atoms with Gasteiger partial charge < -0.3 is 19.1 Å². The van der Waals surface area contributed by atoms with E-state index in [4.69, 9.17) is 14.2 Å². The Balaban J connectivity index is 1.43. The number of nitrogens with one attached hydrogen (secondary N) is 1. The Morgan fingerprint density at radius 3 is 2.67 bits per heavy atom. The van der Waals surface area contributed by atoms with Crippen LogP contribution in [0.5, 0.6) is 17.5 Å². The highest BCUT2D eigenvalue weighted by Gasteiger charge is 2.26. The second-order valence-corrected chi connectivity index (χ2v) is 8.42. The number of likely N-dealkylation sites (tertiary alicyclic amines) is 1. The molecular weight excluding hydrogens is 448 g/mol. The van der Waals surface area contributed by atoms with Crippen molar-refractivity contribution in [3.63, 3.8) is 0 Å². The molecule has 2 aliphatic heterocycles. The van der Waals surface area contributed by atoms with Crippen molar-refractivity contribution in [1.29, 1.82) is 0 Å². The highest BCUT2D eigenvalue weighted by molar-refractivity contribution is 8.18. The fourth-order valence-corrected chi connectivity index (χ4v) is 4.12. The highest BCUT2D eigenvalue weighted by Crippen LogP contribution is 2.31. The first-order valence-electron chi connectivity index (χ1n) is 10.3. The zero-order chi connectivity index (χ0) is 23.4. The van der Waals surface area contributed by atoms with E-state index >= 15 is 0 Å². The quantitative estimate of drug-likeness (QED) is 0.655. The first kappa shape index (κ1) is 22.6. The molecule has 1 N–H and O–H groups in total. The first-order valence-corrected chi connectivity index (χ1v) is 11.1. The molecule has 0 radical (unpaired) electrons. The third-order valence-corrected chi connectivity index (χ3v) is 5.97. The number of rotatable bonds is 5. The Bertz CT molecular complexity index is 1110. The number of carbonyl (C=O) groups excluding carboxylic acids is 3. The summed E-state index contributed by atoms with van der Waals surface area (Å²) < 4.78 is 16.8. The molecule has 11 heteroatoms. The molecule has 0 unspecified atom stereocenters. The van der Waals surface area contributed by atoms with Crippen molar-refractivity contribution >= 4 is 35.1 Å². The molecular formula is C22H22N4O6S. The van der Waals surface area contributed by atoms with Gasteiger partial charge in [0.05, 0.1) is 17.6 Å². The van der Waals surface area contributed by atoms with Crippen LogP contribution in [0.25, 0.3) is 6.08 Å². The van der Waals surface area contributed by atoms with Crippen LogP contribution < -0.4 is 14.8 Å². The van der Waals surface area contributed by atoms with Gasteiger partial charge in [0.1, 0.15) is 18.2 Å². The lowest BCUT2D eigenvalue weighted by atomic mass is 10.1. The van der Waals surface area contributed by atoms with Gasteiger partial charge in [-0.25, -0.2) is 14.8 Å². The zero-order valence-electron chi connectivity index (χ0n) is 18.1. The van der Waals surface area contributed by atoms with Crippen LogP contribution in [0.2, 0.25) is 0 Å². The molecule has 2 aliphatic rings. The lowest BCUT2D eigenvalue weighted by molar-refractivity contribution is -0.115. The lowest BCUT2D eigenvalue weighted by Crippen LogP contribution is -2.41. The summed E-state index contributed by atoms with van der Waals surface area (Å²) in [5, 5.41) is 1.84. The highest BCUT2D eigenvalue weighted by atomic mass is 32.2. The molecule has 2 fully saturated rings. The molecule has 0 bridgehead atoms. The molecule has 0 spiro atoms. The average Bonchev–Trinajstić information content (AvgIpc) is 3.13. The molecule has 0 atom stereocenters. The Hall–Kier alpha value is -3.60. The lowest BCUT2D eigenvalue weighted by Gasteiger charge is -2.31. The molecule has 3 heterocycles. The summed E-state index contributed by atoms with van der Waals surface area (Å²) in [6.45, 7) is 2.91. The Kier molecular flexibility index (Phi) is 6.78. The van der Waals surface area contributed by atoms with E-state index in [0.29, 0.717) is 59.5 Å². The van der Waals surface area contributed by atoms with Gasteiger partial charge in [-0.1, -0.05) is 12.1 Å². The largest absolute Gasteiger partial charge is 0.474 e. The summed E-state index contributed by atoms with van der Waals surface area (Å²) in [4.78, 5) is 45.2. The van der Waals surface area contributed by atoms with Gasteiger partial charge in [-0.2, -0.15) is 0 Å². The van der Waals surface area contributed by atoms with Gasteiger partial charge in [-0.3, -0.25) is 14.9 Å². The smallest absolute Gasteiger partial charge is 0.409 e. The van der Waals surface area contributed by atoms with Crippen molar-refractivity contribution in [2.45, 2.75) is 25.9 Å². The van der Waals surface area contributed by atoms with Gasteiger partial charge >= 0.3 is 6.09 Å². The van der Waals surface area contributed by atoms with Gasteiger partial charge in [0, 0.05) is 25.9 Å². The molecule has 0 aliphatic carbocycles. The second-order valence-electron chi connectivity index (χ2n) is 7.41. The van der Waals surface area contributed by atoms with Gasteiger partial charge in [0.25, 0.3) is 11.1 Å². The molecule has 1 aromatic heterocycles. The minimum atomic E-state index is -0.415. The number of carbonyl (C=O) groups is 3. The SMILES string of the molecule is COC(=O)N1CCC(Oc2ncnc(Oc3cccc(C=C4SC(=O)NC4=O)c3)c2C)CC1. The fourth-order valence-electron chi connectivity index (χ4n) is 3.44. The molecule has 10 nitrogen and oxygen atoms in total. The molecule has 33 heavy (non-hydrogen) atoms. The van der Waals surface area contributed by atoms with E-state index in [2.05, 4.69) is 15.3 Å². The number of methoxy groups -OCH3 is 1. The average molecular weight is 471 g/mol. The summed E-state index contributed by atoms with van der Waals surface area (Å²) in [7, 11) is 1.37. The number of amides is 3. The minimum Gasteiger partial charge on any atom is -0.474 e. The Morgan fingerprint density at radius 1 is 1.21 bits per heavy atom. The molecule has 3 amide bonds. The van der Waals surface area contributed by atoms with Gasteiger partial charge in [-0.15, -0.1) is 0 Å². The number of benzene rings is 1. The van der Waals surface area contributed by atoms with Crippen LogP contribution in [0.3, 0.4) is 0 Å². The van der Waals surface area contributed by atoms with Crippen LogP contribution in [0.4, 0.5) is 9.59 Å². The van der Waals surface area contributed by atoms with Crippen molar-refractivity contribution in [1.82, 2.24) is 20.2 Å². The monoisotopic (exact) mass is 470 g/mol. The van der Waals surface area contributed by atoms with E-state index < -0.39 is 11.1 Å². The predicted molar refractivity (Wildman–Crippen MR) is 120 cm³/mol. The number of aromatic nitrogens is 2. The van der Waals surface area contributed by atoms with Crippen LogP contribution in [0.15, 0.2) is 35.5 Å². The number of nitrogens with zero attached hydrogens (tertiary/aromatic N) is 3. The summed E-state index contributed by atoms with van der Waals surface area (Å²) >= 11 is 0.857. The maximum absolute atomic E-state index is 11.8. The Morgan fingerprint density at radius 2 is 1.97 bits per heavy atom. The first-order chi connectivity index (χ1) is 15.9. The summed E-state index contributed by atoms with van der Waals surface area (Å²) in [5.74, 6) is 0.868. The van der Waals surface area contributed by atoms with E-state index in [1.54, 1.807) is 35.2 Å². The third kappa shape index (κ3) is 5.43. The van der Waals surface area contributed by atoms with E-state index in [9.17, 15) is 14.4 Å². The van der Waals surface area contributed by atoms with Crippen molar-refractivity contribution in [3.05, 3.63) is 46.6 Å². The molecule has 2 aromatic rings. The molecule has 4 rings (SSSR count). The standard InChI is InChI=1S/C22H22N4O6S/c1-13-19(31-15-6-8-26(9-7-15)22(29)30-2)23-12-24-20(13)32-16-5-3-4-14(10-16)11-17-18(27)25-21(28)33-17/h3-5,10-12,15H,6-9H2,1-2H3,(H,25,27,28). The predicted octanol–water partition coefficient (Wildman–Crippen LogP) is 3.51. The van der Waals surface area contributed by atoms with Crippen LogP contribution >= 0.6 is 11.8 Å². The van der Waals surface area contributed by atoms with E-state index in [0.717, 1.165) is 11.8 Å². The van der Waals surface area contributed by atoms with E-state index in [1.807, 2.05) is 6.92 Å². The summed E-state index contributed by atoms with van der Waals surface area (Å²) in [6.07, 6.45) is 3.91. The minimum absolute atomic E-state index is 0.0833.